The van der Waals surface area contributed by atoms with Crippen LogP contribution in [0.3, 0.4) is 0 Å². The summed E-state index contributed by atoms with van der Waals surface area (Å²) in [4.78, 5) is 11.6. The number of benzene rings is 1. The van der Waals surface area contributed by atoms with Gasteiger partial charge in [0.1, 0.15) is 5.75 Å². The van der Waals surface area contributed by atoms with Crippen molar-refractivity contribution < 1.29 is 14.3 Å². The second-order valence-corrected chi connectivity index (χ2v) is 3.21. The van der Waals surface area contributed by atoms with Crippen molar-refractivity contribution in [1.29, 1.82) is 0 Å². The van der Waals surface area contributed by atoms with E-state index < -0.39 is 0 Å². The second-order valence-electron chi connectivity index (χ2n) is 3.21. The van der Waals surface area contributed by atoms with Crippen LogP contribution in [0.1, 0.15) is 10.4 Å². The van der Waals surface area contributed by atoms with Crippen LogP contribution >= 0.6 is 0 Å². The molecule has 1 rings (SSSR count). The Morgan fingerprint density at radius 3 is 2.81 bits per heavy atom. The SMILES string of the molecule is COCCNC(=O)c1ccc(N)c(OC)c1. The molecule has 1 aromatic carbocycles. The zero-order valence-electron chi connectivity index (χ0n) is 9.45. The quantitative estimate of drug-likeness (QED) is 0.569. The Hall–Kier alpha value is -1.75. The molecule has 0 aliphatic rings. The number of hydrogen-bond acceptors (Lipinski definition) is 4. The Morgan fingerprint density at radius 1 is 1.44 bits per heavy atom. The Labute approximate surface area is 94.5 Å². The molecule has 0 aliphatic carbocycles. The van der Waals surface area contributed by atoms with E-state index in [-0.39, 0.29) is 5.91 Å². The third-order valence-electron chi connectivity index (χ3n) is 2.09. The highest BCUT2D eigenvalue weighted by Gasteiger charge is 2.07. The lowest BCUT2D eigenvalue weighted by Gasteiger charge is -2.08. The molecule has 0 atom stereocenters. The highest BCUT2D eigenvalue weighted by Crippen LogP contribution is 2.21. The van der Waals surface area contributed by atoms with Gasteiger partial charge in [-0.15, -0.1) is 0 Å². The molecule has 5 heteroatoms. The van der Waals surface area contributed by atoms with Gasteiger partial charge in [-0.05, 0) is 18.2 Å². The molecule has 0 saturated heterocycles. The number of nitrogens with one attached hydrogen (secondary N) is 1. The first kappa shape index (κ1) is 12.3. The van der Waals surface area contributed by atoms with Gasteiger partial charge in [0.15, 0.2) is 0 Å². The van der Waals surface area contributed by atoms with Gasteiger partial charge in [0.25, 0.3) is 5.91 Å². The fourth-order valence-corrected chi connectivity index (χ4v) is 1.22. The molecule has 0 unspecified atom stereocenters. The molecule has 5 nitrogen and oxygen atoms in total. The molecule has 0 saturated carbocycles. The molecule has 0 spiro atoms. The third kappa shape index (κ3) is 3.13. The number of amides is 1. The molecule has 16 heavy (non-hydrogen) atoms. The molecule has 0 aromatic heterocycles. The van der Waals surface area contributed by atoms with Crippen molar-refractivity contribution in [2.24, 2.45) is 0 Å². The van der Waals surface area contributed by atoms with Gasteiger partial charge in [-0.3, -0.25) is 4.79 Å². The smallest absolute Gasteiger partial charge is 0.251 e. The Balaban J connectivity index is 2.68. The molecule has 3 N–H and O–H groups in total. The number of ether oxygens (including phenoxy) is 2. The molecule has 0 heterocycles. The summed E-state index contributed by atoms with van der Waals surface area (Å²) in [6.45, 7) is 0.958. The third-order valence-corrected chi connectivity index (χ3v) is 2.09. The number of carbonyl (C=O) groups excluding carboxylic acids is 1. The highest BCUT2D eigenvalue weighted by molar-refractivity contribution is 5.95. The van der Waals surface area contributed by atoms with Crippen molar-refractivity contribution in [3.63, 3.8) is 0 Å². The molecule has 0 bridgehead atoms. The van der Waals surface area contributed by atoms with Crippen molar-refractivity contribution in [3.05, 3.63) is 23.8 Å². The van der Waals surface area contributed by atoms with E-state index >= 15 is 0 Å². The zero-order valence-corrected chi connectivity index (χ0v) is 9.45. The maximum absolute atomic E-state index is 11.6. The standard InChI is InChI=1S/C11H16N2O3/c1-15-6-5-13-11(14)8-3-4-9(12)10(7-8)16-2/h3-4,7H,5-6,12H2,1-2H3,(H,13,14). The lowest BCUT2D eigenvalue weighted by atomic mass is 10.2. The summed E-state index contributed by atoms with van der Waals surface area (Å²) in [5.74, 6) is 0.328. The number of carbonyl (C=O) groups is 1. The van der Waals surface area contributed by atoms with Crippen LogP contribution in [-0.4, -0.2) is 33.3 Å². The van der Waals surface area contributed by atoms with Crippen LogP contribution in [0, 0.1) is 0 Å². The summed E-state index contributed by atoms with van der Waals surface area (Å²) in [7, 11) is 3.09. The van der Waals surface area contributed by atoms with E-state index in [0.29, 0.717) is 30.2 Å². The molecule has 1 aromatic rings. The minimum Gasteiger partial charge on any atom is -0.495 e. The average molecular weight is 224 g/mol. The number of anilines is 1. The monoisotopic (exact) mass is 224 g/mol. The first-order valence-corrected chi connectivity index (χ1v) is 4.89. The van der Waals surface area contributed by atoms with Crippen LogP contribution in [0.2, 0.25) is 0 Å². The number of nitrogen functional groups attached to an aromatic ring is 1. The van der Waals surface area contributed by atoms with Gasteiger partial charge in [-0.1, -0.05) is 0 Å². The van der Waals surface area contributed by atoms with Crippen molar-refractivity contribution in [3.8, 4) is 5.75 Å². The summed E-state index contributed by atoms with van der Waals surface area (Å²) in [5, 5.41) is 2.71. The summed E-state index contributed by atoms with van der Waals surface area (Å²) >= 11 is 0. The van der Waals surface area contributed by atoms with Crippen LogP contribution in [0.15, 0.2) is 18.2 Å². The maximum atomic E-state index is 11.6. The van der Waals surface area contributed by atoms with E-state index in [1.165, 1.54) is 7.11 Å². The number of hydrogen-bond donors (Lipinski definition) is 2. The topological polar surface area (TPSA) is 73.6 Å². The predicted octanol–water partition coefficient (Wildman–Crippen LogP) is 0.654. The molecule has 0 aliphatic heterocycles. The van der Waals surface area contributed by atoms with Crippen LogP contribution in [0.25, 0.3) is 0 Å². The van der Waals surface area contributed by atoms with Gasteiger partial charge >= 0.3 is 0 Å². The first-order chi connectivity index (χ1) is 7.69. The van der Waals surface area contributed by atoms with Gasteiger partial charge in [-0.25, -0.2) is 0 Å². The van der Waals surface area contributed by atoms with E-state index in [0.717, 1.165) is 0 Å². The average Bonchev–Trinajstić information content (AvgIpc) is 2.30. The number of methoxy groups -OCH3 is 2. The maximum Gasteiger partial charge on any atom is 0.251 e. The van der Waals surface area contributed by atoms with Crippen LogP contribution in [0.4, 0.5) is 5.69 Å². The molecular weight excluding hydrogens is 208 g/mol. The molecule has 88 valence electrons. The van der Waals surface area contributed by atoms with E-state index in [2.05, 4.69) is 5.32 Å². The van der Waals surface area contributed by atoms with Crippen LogP contribution in [0.5, 0.6) is 5.75 Å². The Morgan fingerprint density at radius 2 is 2.19 bits per heavy atom. The summed E-state index contributed by atoms with van der Waals surface area (Å²) in [5.41, 5.74) is 6.67. The largest absolute Gasteiger partial charge is 0.495 e. The summed E-state index contributed by atoms with van der Waals surface area (Å²) in [6.07, 6.45) is 0. The predicted molar refractivity (Wildman–Crippen MR) is 61.6 cm³/mol. The molecule has 0 radical (unpaired) electrons. The van der Waals surface area contributed by atoms with E-state index in [4.69, 9.17) is 15.2 Å². The highest BCUT2D eigenvalue weighted by atomic mass is 16.5. The molecular formula is C11H16N2O3. The van der Waals surface area contributed by atoms with E-state index in [9.17, 15) is 4.79 Å². The number of rotatable bonds is 5. The van der Waals surface area contributed by atoms with Crippen molar-refractivity contribution >= 4 is 11.6 Å². The minimum absolute atomic E-state index is 0.171. The lowest BCUT2D eigenvalue weighted by molar-refractivity contribution is 0.0937. The van der Waals surface area contributed by atoms with Crippen molar-refractivity contribution in [2.75, 3.05) is 33.1 Å². The fourth-order valence-electron chi connectivity index (χ4n) is 1.22. The Kier molecular flexibility index (Phi) is 4.60. The number of nitrogens with two attached hydrogens (primary N) is 1. The fraction of sp³-hybridized carbons (Fsp3) is 0.364. The van der Waals surface area contributed by atoms with Gasteiger partial charge in [0.2, 0.25) is 0 Å². The Bertz CT molecular complexity index is 366. The van der Waals surface area contributed by atoms with E-state index in [1.54, 1.807) is 25.3 Å². The summed E-state index contributed by atoms with van der Waals surface area (Å²) < 4.78 is 9.86. The lowest BCUT2D eigenvalue weighted by Crippen LogP contribution is -2.26. The van der Waals surface area contributed by atoms with Gasteiger partial charge in [0, 0.05) is 19.2 Å². The second kappa shape index (κ2) is 5.97. The van der Waals surface area contributed by atoms with Crippen LogP contribution < -0.4 is 15.8 Å². The van der Waals surface area contributed by atoms with Crippen molar-refractivity contribution in [1.82, 2.24) is 5.32 Å². The first-order valence-electron chi connectivity index (χ1n) is 4.89. The summed E-state index contributed by atoms with van der Waals surface area (Å²) in [6, 6.07) is 4.90. The molecule has 0 fully saturated rings. The minimum atomic E-state index is -0.171. The van der Waals surface area contributed by atoms with Crippen molar-refractivity contribution in [2.45, 2.75) is 0 Å². The van der Waals surface area contributed by atoms with Gasteiger partial charge in [-0.2, -0.15) is 0 Å². The normalized spacial score (nSPS) is 9.88. The van der Waals surface area contributed by atoms with Gasteiger partial charge < -0.3 is 20.5 Å². The van der Waals surface area contributed by atoms with Gasteiger partial charge in [0.05, 0.1) is 19.4 Å². The van der Waals surface area contributed by atoms with Crippen LogP contribution in [-0.2, 0) is 4.74 Å². The molecule has 1 amide bonds. The zero-order chi connectivity index (χ0) is 12.0. The van der Waals surface area contributed by atoms with E-state index in [1.807, 2.05) is 0 Å².